The first kappa shape index (κ1) is 15.6. The highest BCUT2D eigenvalue weighted by Crippen LogP contribution is 2.23. The lowest BCUT2D eigenvalue weighted by molar-refractivity contribution is 0.419. The van der Waals surface area contributed by atoms with Crippen LogP contribution in [0.5, 0.6) is 5.75 Å². The Balaban J connectivity index is 2.05. The summed E-state index contributed by atoms with van der Waals surface area (Å²) in [5.41, 5.74) is 3.06. The van der Waals surface area contributed by atoms with Gasteiger partial charge in [0, 0.05) is 10.6 Å². The fourth-order valence-corrected chi connectivity index (χ4v) is 3.63. The molecule has 0 atom stereocenters. The van der Waals surface area contributed by atoms with Crippen LogP contribution in [0.25, 0.3) is 33.5 Å². The maximum atomic E-state index is 13.3. The highest BCUT2D eigenvalue weighted by atomic mass is 16.5. The summed E-state index contributed by atoms with van der Waals surface area (Å²) in [4.78, 5) is 18.1. The maximum Gasteiger partial charge on any atom is 0.266 e. The zero-order valence-corrected chi connectivity index (χ0v) is 14.7. The second kappa shape index (κ2) is 5.95. The van der Waals surface area contributed by atoms with E-state index in [1.165, 1.54) is 0 Å². The smallest absolute Gasteiger partial charge is 0.266 e. The Bertz CT molecular complexity index is 1420. The Labute approximate surface area is 155 Å². The van der Waals surface area contributed by atoms with Crippen molar-refractivity contribution >= 4 is 33.5 Å². The molecule has 0 bridgehead atoms. The van der Waals surface area contributed by atoms with Gasteiger partial charge in [-0.25, -0.2) is 4.98 Å². The van der Waals surface area contributed by atoms with Gasteiger partial charge < -0.3 is 4.74 Å². The molecular weight excluding hydrogens is 336 g/mol. The van der Waals surface area contributed by atoms with Crippen LogP contribution in [-0.4, -0.2) is 16.5 Å². The van der Waals surface area contributed by atoms with Gasteiger partial charge >= 0.3 is 0 Å². The molecule has 130 valence electrons. The molecule has 0 aliphatic rings. The number of rotatable bonds is 2. The first-order valence-electron chi connectivity index (χ1n) is 8.74. The summed E-state index contributed by atoms with van der Waals surface area (Å²) in [6, 6.07) is 23.4. The van der Waals surface area contributed by atoms with Crippen LogP contribution in [0.1, 0.15) is 5.56 Å². The summed E-state index contributed by atoms with van der Waals surface area (Å²) in [6.45, 7) is 0. The largest absolute Gasteiger partial charge is 0.494 e. The standard InChI is InChI=1S/C23H16N2O2/c1-27-20-13-7-11-17-21(20)24-22-18(14-15-8-3-2-4-9-15)16-10-5-6-12-19(16)25(22)23(17)26/h2-14H,1H3. The van der Waals surface area contributed by atoms with E-state index >= 15 is 0 Å². The number of aromatic nitrogens is 2. The number of benzene rings is 3. The molecule has 0 aliphatic carbocycles. The molecule has 2 aromatic heterocycles. The van der Waals surface area contributed by atoms with Crippen LogP contribution < -0.4 is 15.5 Å². The lowest BCUT2D eigenvalue weighted by atomic mass is 10.1. The van der Waals surface area contributed by atoms with E-state index in [0.29, 0.717) is 22.3 Å². The molecule has 0 fully saturated rings. The minimum Gasteiger partial charge on any atom is -0.494 e. The van der Waals surface area contributed by atoms with Crippen molar-refractivity contribution in [1.82, 2.24) is 9.38 Å². The lowest BCUT2D eigenvalue weighted by Gasteiger charge is -2.05. The molecule has 0 N–H and O–H groups in total. The van der Waals surface area contributed by atoms with Crippen molar-refractivity contribution in [3.05, 3.63) is 93.9 Å². The zero-order valence-electron chi connectivity index (χ0n) is 14.7. The van der Waals surface area contributed by atoms with Crippen molar-refractivity contribution in [2.45, 2.75) is 0 Å². The zero-order chi connectivity index (χ0) is 18.4. The highest BCUT2D eigenvalue weighted by molar-refractivity contribution is 5.93. The highest BCUT2D eigenvalue weighted by Gasteiger charge is 2.15. The summed E-state index contributed by atoms with van der Waals surface area (Å²) in [6.07, 6.45) is 2.07. The summed E-state index contributed by atoms with van der Waals surface area (Å²) < 4.78 is 7.14. The second-order valence-corrected chi connectivity index (χ2v) is 6.42. The van der Waals surface area contributed by atoms with E-state index < -0.39 is 0 Å². The van der Waals surface area contributed by atoms with Gasteiger partial charge in [0.05, 0.1) is 18.0 Å². The van der Waals surface area contributed by atoms with Crippen LogP contribution in [0.15, 0.2) is 77.6 Å². The number of fused-ring (bicyclic) bond motifs is 4. The molecule has 0 radical (unpaired) electrons. The van der Waals surface area contributed by atoms with E-state index in [9.17, 15) is 4.79 Å². The normalized spacial score (nSPS) is 12.3. The predicted molar refractivity (Wildman–Crippen MR) is 108 cm³/mol. The van der Waals surface area contributed by atoms with E-state index in [0.717, 1.165) is 21.7 Å². The molecule has 3 aromatic carbocycles. The van der Waals surface area contributed by atoms with Crippen molar-refractivity contribution in [2.75, 3.05) is 7.11 Å². The van der Waals surface area contributed by atoms with Crippen molar-refractivity contribution < 1.29 is 4.74 Å². The number of ether oxygens (including phenoxy) is 1. The average molecular weight is 352 g/mol. The van der Waals surface area contributed by atoms with Crippen molar-refractivity contribution in [3.8, 4) is 5.75 Å². The Hall–Kier alpha value is -3.66. The van der Waals surface area contributed by atoms with Gasteiger partial charge in [0.1, 0.15) is 16.9 Å². The van der Waals surface area contributed by atoms with Crippen LogP contribution in [0.4, 0.5) is 0 Å². The minimum absolute atomic E-state index is 0.0854. The first-order chi connectivity index (χ1) is 13.3. The van der Waals surface area contributed by atoms with Gasteiger partial charge in [-0.15, -0.1) is 0 Å². The topological polar surface area (TPSA) is 43.6 Å². The van der Waals surface area contributed by atoms with Crippen molar-refractivity contribution in [2.24, 2.45) is 0 Å². The third-order valence-corrected chi connectivity index (χ3v) is 4.87. The van der Waals surface area contributed by atoms with Gasteiger partial charge in [0.2, 0.25) is 0 Å². The van der Waals surface area contributed by atoms with E-state index in [1.54, 1.807) is 17.6 Å². The number of para-hydroxylation sites is 2. The molecule has 0 unspecified atom stereocenters. The number of nitrogens with zero attached hydrogens (tertiary/aromatic N) is 2. The molecule has 0 saturated carbocycles. The van der Waals surface area contributed by atoms with Crippen LogP contribution in [0.3, 0.4) is 0 Å². The van der Waals surface area contributed by atoms with Gasteiger partial charge in [0.15, 0.2) is 0 Å². The Morgan fingerprint density at radius 2 is 1.63 bits per heavy atom. The van der Waals surface area contributed by atoms with E-state index in [4.69, 9.17) is 9.72 Å². The average Bonchev–Trinajstić information content (AvgIpc) is 3.02. The van der Waals surface area contributed by atoms with Crippen LogP contribution in [-0.2, 0) is 0 Å². The van der Waals surface area contributed by atoms with Crippen LogP contribution >= 0.6 is 0 Å². The molecular formula is C23H16N2O2. The monoisotopic (exact) mass is 352 g/mol. The summed E-state index contributed by atoms with van der Waals surface area (Å²) >= 11 is 0. The fourth-order valence-electron chi connectivity index (χ4n) is 3.63. The summed E-state index contributed by atoms with van der Waals surface area (Å²) in [5, 5.41) is 2.48. The number of methoxy groups -OCH3 is 1. The first-order valence-corrected chi connectivity index (χ1v) is 8.74. The SMILES string of the molecule is COc1cccc2c(=O)n3c(nc12)c(=Cc1ccccc1)c1ccccc13. The van der Waals surface area contributed by atoms with Gasteiger partial charge in [-0.1, -0.05) is 54.6 Å². The Kier molecular flexibility index (Phi) is 3.44. The van der Waals surface area contributed by atoms with Crippen molar-refractivity contribution in [3.63, 3.8) is 0 Å². The molecule has 0 aliphatic heterocycles. The van der Waals surface area contributed by atoms with E-state index in [2.05, 4.69) is 6.08 Å². The lowest BCUT2D eigenvalue weighted by Crippen LogP contribution is -2.16. The molecule has 0 amide bonds. The molecule has 5 aromatic rings. The van der Waals surface area contributed by atoms with E-state index in [-0.39, 0.29) is 5.56 Å². The van der Waals surface area contributed by atoms with Crippen LogP contribution in [0.2, 0.25) is 0 Å². The molecule has 2 heterocycles. The van der Waals surface area contributed by atoms with Crippen LogP contribution in [0, 0.1) is 0 Å². The minimum atomic E-state index is -0.0854. The number of hydrogen-bond acceptors (Lipinski definition) is 3. The third kappa shape index (κ3) is 2.30. The van der Waals surface area contributed by atoms with Crippen molar-refractivity contribution in [1.29, 1.82) is 0 Å². The maximum absolute atomic E-state index is 13.3. The summed E-state index contributed by atoms with van der Waals surface area (Å²) in [7, 11) is 1.59. The number of hydrogen-bond donors (Lipinski definition) is 0. The molecule has 0 saturated heterocycles. The van der Waals surface area contributed by atoms with Gasteiger partial charge in [0.25, 0.3) is 5.56 Å². The third-order valence-electron chi connectivity index (χ3n) is 4.87. The molecule has 4 nitrogen and oxygen atoms in total. The Morgan fingerprint density at radius 3 is 2.44 bits per heavy atom. The van der Waals surface area contributed by atoms with Gasteiger partial charge in [-0.3, -0.25) is 9.20 Å². The predicted octanol–water partition coefficient (Wildman–Crippen LogP) is 3.56. The molecule has 27 heavy (non-hydrogen) atoms. The van der Waals surface area contributed by atoms with E-state index in [1.807, 2.05) is 66.7 Å². The molecule has 5 rings (SSSR count). The second-order valence-electron chi connectivity index (χ2n) is 6.42. The molecule has 0 spiro atoms. The quantitative estimate of drug-likeness (QED) is 0.488. The van der Waals surface area contributed by atoms with Gasteiger partial charge in [-0.05, 0) is 29.8 Å². The molecule has 4 heteroatoms. The summed E-state index contributed by atoms with van der Waals surface area (Å²) in [5.74, 6) is 0.600. The van der Waals surface area contributed by atoms with Gasteiger partial charge in [-0.2, -0.15) is 0 Å². The fraction of sp³-hybridized carbons (Fsp3) is 0.0435. The Morgan fingerprint density at radius 1 is 0.889 bits per heavy atom.